The maximum Gasteiger partial charge on any atom is 0.147 e. The van der Waals surface area contributed by atoms with Crippen LogP contribution in [0.15, 0.2) is 18.6 Å². The van der Waals surface area contributed by atoms with Gasteiger partial charge in [-0.05, 0) is 24.3 Å². The van der Waals surface area contributed by atoms with Crippen molar-refractivity contribution in [2.75, 3.05) is 24.5 Å². The zero-order chi connectivity index (χ0) is 9.54. The largest absolute Gasteiger partial charge is 0.355 e. The molecule has 1 saturated carbocycles. The highest BCUT2D eigenvalue weighted by atomic mass is 15.2. The quantitative estimate of drug-likeness (QED) is 0.719. The number of aromatic nitrogens is 2. The van der Waals surface area contributed by atoms with Crippen molar-refractivity contribution in [1.82, 2.24) is 9.97 Å². The first-order valence-corrected chi connectivity index (χ1v) is 5.11. The van der Waals surface area contributed by atoms with Gasteiger partial charge in [0.15, 0.2) is 0 Å². The Morgan fingerprint density at radius 3 is 2.71 bits per heavy atom. The minimum absolute atomic E-state index is 0.780. The van der Waals surface area contributed by atoms with Crippen LogP contribution in [0.5, 0.6) is 0 Å². The topological polar surface area (TPSA) is 55.0 Å². The molecular formula is C10H14N4. The van der Waals surface area contributed by atoms with Gasteiger partial charge >= 0.3 is 0 Å². The number of nitrogens with two attached hydrogens (primary N) is 1. The summed E-state index contributed by atoms with van der Waals surface area (Å²) >= 11 is 0. The lowest BCUT2D eigenvalue weighted by atomic mass is 10.2. The molecule has 1 aliphatic carbocycles. The average Bonchev–Trinajstić information content (AvgIpc) is 2.72. The molecule has 2 atom stereocenters. The van der Waals surface area contributed by atoms with Crippen LogP contribution in [0.25, 0.3) is 0 Å². The number of nitrogens with zero attached hydrogens (tertiary/aromatic N) is 3. The molecule has 2 heterocycles. The maximum absolute atomic E-state index is 5.66. The van der Waals surface area contributed by atoms with Crippen molar-refractivity contribution in [3.63, 3.8) is 0 Å². The third kappa shape index (κ3) is 1.10. The molecule has 2 aliphatic rings. The van der Waals surface area contributed by atoms with E-state index in [-0.39, 0.29) is 0 Å². The van der Waals surface area contributed by atoms with E-state index in [9.17, 15) is 0 Å². The summed E-state index contributed by atoms with van der Waals surface area (Å²) in [7, 11) is 0. The standard InChI is InChI=1S/C10H14N4/c11-3-7-8-5-14(6-9(7)8)10-4-12-1-2-13-10/h1-2,4,7-9H,3,5-6,11H2. The van der Waals surface area contributed by atoms with Crippen LogP contribution in [0, 0.1) is 17.8 Å². The Bertz CT molecular complexity index is 314. The van der Waals surface area contributed by atoms with Crippen LogP contribution in [0.1, 0.15) is 0 Å². The second-order valence-electron chi connectivity index (χ2n) is 4.20. The average molecular weight is 190 g/mol. The minimum Gasteiger partial charge on any atom is -0.355 e. The summed E-state index contributed by atoms with van der Waals surface area (Å²) in [4.78, 5) is 10.7. The Morgan fingerprint density at radius 2 is 2.14 bits per heavy atom. The van der Waals surface area contributed by atoms with Crippen molar-refractivity contribution in [3.8, 4) is 0 Å². The zero-order valence-electron chi connectivity index (χ0n) is 8.00. The van der Waals surface area contributed by atoms with Crippen molar-refractivity contribution >= 4 is 5.82 Å². The maximum atomic E-state index is 5.66. The highest BCUT2D eigenvalue weighted by molar-refractivity contribution is 5.39. The van der Waals surface area contributed by atoms with E-state index in [0.717, 1.165) is 43.2 Å². The van der Waals surface area contributed by atoms with Crippen molar-refractivity contribution in [3.05, 3.63) is 18.6 Å². The Morgan fingerprint density at radius 1 is 1.36 bits per heavy atom. The van der Waals surface area contributed by atoms with Crippen molar-refractivity contribution in [1.29, 1.82) is 0 Å². The lowest BCUT2D eigenvalue weighted by Crippen LogP contribution is -2.26. The first-order chi connectivity index (χ1) is 6.90. The number of anilines is 1. The van der Waals surface area contributed by atoms with E-state index in [1.54, 1.807) is 12.4 Å². The van der Waals surface area contributed by atoms with E-state index in [1.165, 1.54) is 0 Å². The highest BCUT2D eigenvalue weighted by Gasteiger charge is 2.54. The summed E-state index contributed by atoms with van der Waals surface area (Å²) in [6, 6.07) is 0. The van der Waals surface area contributed by atoms with Crippen LogP contribution in [0.3, 0.4) is 0 Å². The molecule has 1 aliphatic heterocycles. The lowest BCUT2D eigenvalue weighted by molar-refractivity contribution is 0.643. The molecule has 4 nitrogen and oxygen atoms in total. The van der Waals surface area contributed by atoms with E-state index in [2.05, 4.69) is 14.9 Å². The molecule has 1 aromatic heterocycles. The molecule has 0 aromatic carbocycles. The van der Waals surface area contributed by atoms with E-state index >= 15 is 0 Å². The summed E-state index contributed by atoms with van der Waals surface area (Å²) in [5, 5.41) is 0. The molecule has 0 spiro atoms. The van der Waals surface area contributed by atoms with Gasteiger partial charge in [0.1, 0.15) is 5.82 Å². The first kappa shape index (κ1) is 8.17. The molecule has 0 bridgehead atoms. The van der Waals surface area contributed by atoms with Gasteiger partial charge < -0.3 is 10.6 Å². The van der Waals surface area contributed by atoms with Crippen molar-refractivity contribution < 1.29 is 0 Å². The highest BCUT2D eigenvalue weighted by Crippen LogP contribution is 2.51. The molecular weight excluding hydrogens is 176 g/mol. The summed E-state index contributed by atoms with van der Waals surface area (Å²) in [5.41, 5.74) is 5.66. The van der Waals surface area contributed by atoms with E-state index in [4.69, 9.17) is 5.73 Å². The van der Waals surface area contributed by atoms with Gasteiger partial charge in [0.25, 0.3) is 0 Å². The van der Waals surface area contributed by atoms with Crippen LogP contribution in [-0.2, 0) is 0 Å². The van der Waals surface area contributed by atoms with Gasteiger partial charge in [-0.1, -0.05) is 0 Å². The van der Waals surface area contributed by atoms with Gasteiger partial charge in [0.2, 0.25) is 0 Å². The van der Waals surface area contributed by atoms with Crippen LogP contribution in [0.4, 0.5) is 5.82 Å². The van der Waals surface area contributed by atoms with Gasteiger partial charge in [-0.25, -0.2) is 4.98 Å². The fourth-order valence-electron chi connectivity index (χ4n) is 2.64. The van der Waals surface area contributed by atoms with E-state index in [0.29, 0.717) is 0 Å². The van der Waals surface area contributed by atoms with Crippen LogP contribution >= 0.6 is 0 Å². The number of piperidine rings is 1. The van der Waals surface area contributed by atoms with Gasteiger partial charge in [-0.2, -0.15) is 0 Å². The molecule has 0 radical (unpaired) electrons. The second kappa shape index (κ2) is 2.92. The fourth-order valence-corrected chi connectivity index (χ4v) is 2.64. The van der Waals surface area contributed by atoms with Crippen molar-refractivity contribution in [2.45, 2.75) is 0 Å². The zero-order valence-corrected chi connectivity index (χ0v) is 8.00. The molecule has 2 fully saturated rings. The van der Waals surface area contributed by atoms with Crippen LogP contribution in [-0.4, -0.2) is 29.6 Å². The Balaban J connectivity index is 1.70. The predicted octanol–water partition coefficient (Wildman–Crippen LogP) is 0.117. The van der Waals surface area contributed by atoms with Gasteiger partial charge in [0, 0.05) is 25.5 Å². The van der Waals surface area contributed by atoms with Crippen LogP contribution < -0.4 is 10.6 Å². The normalized spacial score (nSPS) is 34.4. The smallest absolute Gasteiger partial charge is 0.147 e. The molecule has 74 valence electrons. The van der Waals surface area contributed by atoms with Gasteiger partial charge in [0.05, 0.1) is 6.20 Å². The monoisotopic (exact) mass is 190 g/mol. The van der Waals surface area contributed by atoms with Gasteiger partial charge in [-0.15, -0.1) is 0 Å². The molecule has 14 heavy (non-hydrogen) atoms. The van der Waals surface area contributed by atoms with Gasteiger partial charge in [-0.3, -0.25) is 4.98 Å². The number of fused-ring (bicyclic) bond motifs is 1. The third-order valence-corrected chi connectivity index (χ3v) is 3.52. The number of hydrogen-bond donors (Lipinski definition) is 1. The summed E-state index contributed by atoms with van der Waals surface area (Å²) in [5.74, 6) is 3.43. The molecule has 2 N–H and O–H groups in total. The molecule has 1 aromatic rings. The third-order valence-electron chi connectivity index (χ3n) is 3.52. The Kier molecular flexibility index (Phi) is 1.70. The molecule has 1 saturated heterocycles. The molecule has 3 rings (SSSR count). The summed E-state index contributed by atoms with van der Waals surface area (Å²) < 4.78 is 0. The summed E-state index contributed by atoms with van der Waals surface area (Å²) in [6.07, 6.45) is 5.30. The minimum atomic E-state index is 0.780. The fraction of sp³-hybridized carbons (Fsp3) is 0.600. The number of rotatable bonds is 2. The SMILES string of the molecule is NCC1C2CN(c3cnccn3)CC12. The second-order valence-corrected chi connectivity index (χ2v) is 4.20. The van der Waals surface area contributed by atoms with Crippen molar-refractivity contribution in [2.24, 2.45) is 23.5 Å². The van der Waals surface area contributed by atoms with Crippen LogP contribution in [0.2, 0.25) is 0 Å². The lowest BCUT2D eigenvalue weighted by Gasteiger charge is -2.19. The van der Waals surface area contributed by atoms with E-state index < -0.39 is 0 Å². The molecule has 0 amide bonds. The Labute approximate surface area is 83.1 Å². The van der Waals surface area contributed by atoms with E-state index in [1.807, 2.05) is 6.20 Å². The molecule has 4 heteroatoms. The summed E-state index contributed by atoms with van der Waals surface area (Å²) in [6.45, 7) is 3.08. The number of hydrogen-bond acceptors (Lipinski definition) is 4. The Hall–Kier alpha value is -1.16. The molecule has 2 unspecified atom stereocenters. The first-order valence-electron chi connectivity index (χ1n) is 5.11. The predicted molar refractivity (Wildman–Crippen MR) is 53.8 cm³/mol.